The Labute approximate surface area is 288 Å². The van der Waals surface area contributed by atoms with Gasteiger partial charge in [0.25, 0.3) is 0 Å². The van der Waals surface area contributed by atoms with Gasteiger partial charge >= 0.3 is 6.11 Å². The normalized spacial score (nSPS) is 16.7. The van der Waals surface area contributed by atoms with Crippen LogP contribution in [0.3, 0.4) is 0 Å². The third-order valence-corrected chi connectivity index (χ3v) is 9.61. The Kier molecular flexibility index (Phi) is 12.1. The topological polar surface area (TPSA) is 9.23 Å². The zero-order valence-electron chi connectivity index (χ0n) is 28.1. The summed E-state index contributed by atoms with van der Waals surface area (Å²) in [5.41, 5.74) is -2.02. The van der Waals surface area contributed by atoms with E-state index in [-0.39, 0.29) is 40.2 Å². The number of benzene rings is 4. The zero-order valence-corrected chi connectivity index (χ0v) is 28.1. The Balaban J connectivity index is 1.30. The average molecular weight is 701 g/mol. The van der Waals surface area contributed by atoms with Crippen LogP contribution in [-0.2, 0) is 12.5 Å². The summed E-state index contributed by atoms with van der Waals surface area (Å²) in [6.07, 6.45) is 8.14. The van der Waals surface area contributed by atoms with E-state index < -0.39 is 52.3 Å². The van der Waals surface area contributed by atoms with Gasteiger partial charge in [0, 0.05) is 22.8 Å². The fourth-order valence-corrected chi connectivity index (χ4v) is 6.88. The summed E-state index contributed by atoms with van der Waals surface area (Å²) in [7, 11) is 0. The number of hydrogen-bond acceptors (Lipinski definition) is 1. The molecule has 0 atom stereocenters. The van der Waals surface area contributed by atoms with Crippen LogP contribution >= 0.6 is 0 Å². The summed E-state index contributed by atoms with van der Waals surface area (Å²) in [5.74, 6) is -6.99. The number of rotatable bonds is 13. The lowest BCUT2D eigenvalue weighted by Gasteiger charge is -2.29. The lowest BCUT2D eigenvalue weighted by Crippen LogP contribution is -2.25. The van der Waals surface area contributed by atoms with Gasteiger partial charge in [0.15, 0.2) is 0 Å². The Morgan fingerprint density at radius 1 is 0.700 bits per heavy atom. The number of alkyl halides is 2. The van der Waals surface area contributed by atoms with Crippen LogP contribution in [0.2, 0.25) is 0 Å². The van der Waals surface area contributed by atoms with Crippen molar-refractivity contribution in [1.82, 2.24) is 0 Å². The highest BCUT2D eigenvalue weighted by molar-refractivity contribution is 5.67. The minimum absolute atomic E-state index is 0.0854. The Bertz CT molecular complexity index is 1780. The largest absolute Gasteiger partial charge is 0.432 e. The van der Waals surface area contributed by atoms with Gasteiger partial charge in [-0.2, -0.15) is 8.78 Å². The number of allylic oxidation sites excluding steroid dienone is 2. The molecule has 1 nitrogen and oxygen atoms in total. The third kappa shape index (κ3) is 8.59. The molecule has 0 amide bonds. The van der Waals surface area contributed by atoms with Gasteiger partial charge in [0.2, 0.25) is 0 Å². The molecule has 0 heterocycles. The van der Waals surface area contributed by atoms with Crippen molar-refractivity contribution in [3.63, 3.8) is 0 Å². The highest BCUT2D eigenvalue weighted by Crippen LogP contribution is 2.41. The second kappa shape index (κ2) is 16.3. The van der Waals surface area contributed by atoms with Crippen molar-refractivity contribution in [3.05, 3.63) is 124 Å². The molecule has 0 bridgehead atoms. The van der Waals surface area contributed by atoms with Crippen molar-refractivity contribution in [2.45, 2.75) is 90.1 Å². The molecule has 1 saturated carbocycles. The van der Waals surface area contributed by atoms with E-state index in [1.807, 2.05) is 0 Å². The highest BCUT2D eigenvalue weighted by Gasteiger charge is 2.41. The summed E-state index contributed by atoms with van der Waals surface area (Å²) in [4.78, 5) is 0. The summed E-state index contributed by atoms with van der Waals surface area (Å²) in [5, 5.41) is 0. The van der Waals surface area contributed by atoms with E-state index >= 15 is 26.3 Å². The van der Waals surface area contributed by atoms with Gasteiger partial charge in [-0.05, 0) is 116 Å². The summed E-state index contributed by atoms with van der Waals surface area (Å²) >= 11 is 0. The second-order valence-corrected chi connectivity index (χ2v) is 13.1. The number of hydrogen-bond donors (Lipinski definition) is 0. The van der Waals surface area contributed by atoms with E-state index in [0.29, 0.717) is 30.5 Å². The number of halogens is 8. The predicted octanol–water partition coefficient (Wildman–Crippen LogP) is 13.3. The van der Waals surface area contributed by atoms with E-state index in [1.165, 1.54) is 37.8 Å². The van der Waals surface area contributed by atoms with Crippen molar-refractivity contribution < 1.29 is 39.9 Å². The number of ether oxygens (including phenoxy) is 1. The van der Waals surface area contributed by atoms with Crippen LogP contribution in [-0.4, -0.2) is 0 Å². The predicted molar refractivity (Wildman–Crippen MR) is 180 cm³/mol. The molecular weight excluding hydrogens is 660 g/mol. The van der Waals surface area contributed by atoms with Crippen LogP contribution in [0.1, 0.15) is 94.2 Å². The fourth-order valence-electron chi connectivity index (χ4n) is 6.88. The summed E-state index contributed by atoms with van der Waals surface area (Å²) in [6, 6.07) is 9.92. The van der Waals surface area contributed by atoms with Crippen molar-refractivity contribution in [2.24, 2.45) is 5.92 Å². The molecule has 4 aromatic carbocycles. The second-order valence-electron chi connectivity index (χ2n) is 13.1. The van der Waals surface area contributed by atoms with Crippen molar-refractivity contribution in [1.29, 1.82) is 0 Å². The maximum atomic E-state index is 15.3. The number of unbranched alkanes of at least 4 members (excludes halogenated alkanes) is 2. The van der Waals surface area contributed by atoms with E-state index in [4.69, 9.17) is 0 Å². The van der Waals surface area contributed by atoms with E-state index in [9.17, 15) is 8.78 Å². The van der Waals surface area contributed by atoms with Crippen LogP contribution in [0.15, 0.2) is 72.8 Å². The van der Waals surface area contributed by atoms with Crippen molar-refractivity contribution in [3.8, 4) is 28.0 Å². The monoisotopic (exact) mass is 700 g/mol. The van der Waals surface area contributed by atoms with Gasteiger partial charge in [-0.1, -0.05) is 56.9 Å². The molecule has 1 aliphatic carbocycles. The van der Waals surface area contributed by atoms with Gasteiger partial charge in [-0.15, -0.1) is 0 Å². The van der Waals surface area contributed by atoms with Gasteiger partial charge < -0.3 is 4.74 Å². The molecule has 0 saturated heterocycles. The Hall–Kier alpha value is -4.14. The fraction of sp³-hybridized carbons (Fsp3) is 0.366. The van der Waals surface area contributed by atoms with E-state index in [2.05, 4.69) is 11.7 Å². The lowest BCUT2D eigenvalue weighted by atomic mass is 9.77. The van der Waals surface area contributed by atoms with Crippen LogP contribution in [0.4, 0.5) is 35.1 Å². The third-order valence-electron chi connectivity index (χ3n) is 9.61. The molecule has 0 radical (unpaired) electrons. The first kappa shape index (κ1) is 37.1. The van der Waals surface area contributed by atoms with Gasteiger partial charge in [0.05, 0.1) is 0 Å². The quantitative estimate of drug-likeness (QED) is 0.0766. The minimum Gasteiger partial charge on any atom is -0.429 e. The first-order chi connectivity index (χ1) is 23.9. The van der Waals surface area contributed by atoms with Crippen molar-refractivity contribution >= 4 is 0 Å². The molecule has 1 fully saturated rings. The molecule has 0 N–H and O–H groups in total. The average Bonchev–Trinajstić information content (AvgIpc) is 3.05. The molecule has 5 rings (SSSR count). The molecule has 4 aromatic rings. The SMILES string of the molecule is CC=CCCc1c(F)cc(-c2ccc(OC(F)(F)c3c(F)cc(-c4ccc(C5CCC(CCCCC)CC5)cc4F)cc3F)cc2F)cc1F. The molecule has 50 heavy (non-hydrogen) atoms. The molecule has 266 valence electrons. The molecular formula is C41H40F8O. The molecule has 0 spiro atoms. The molecule has 1 aliphatic rings. The van der Waals surface area contributed by atoms with Crippen LogP contribution in [0.25, 0.3) is 22.3 Å². The Morgan fingerprint density at radius 3 is 1.84 bits per heavy atom. The molecule has 0 unspecified atom stereocenters. The minimum atomic E-state index is -4.61. The summed E-state index contributed by atoms with van der Waals surface area (Å²) in [6.45, 7) is 3.94. The standard InChI is InChI=1S/C41H40F8O/c1-3-5-7-9-25-11-13-26(14-12-25)27-15-17-31(34(42)19-27)29-22-38(46)40(39(47)23-29)41(48,49)50-30-16-18-32(37(45)24-30)28-20-35(43)33(36(44)21-28)10-8-6-4-2/h4,6,15-26H,3,5,7-14H2,1-2H3. The molecule has 0 aliphatic heterocycles. The zero-order chi connectivity index (χ0) is 36.0. The van der Waals surface area contributed by atoms with Gasteiger partial charge in [-0.25, -0.2) is 26.3 Å². The Morgan fingerprint density at radius 2 is 1.28 bits per heavy atom. The first-order valence-electron chi connectivity index (χ1n) is 17.2. The summed E-state index contributed by atoms with van der Waals surface area (Å²) < 4.78 is 125. The maximum Gasteiger partial charge on any atom is 0.432 e. The van der Waals surface area contributed by atoms with Gasteiger partial charge in [0.1, 0.15) is 46.2 Å². The van der Waals surface area contributed by atoms with Gasteiger partial charge in [-0.3, -0.25) is 0 Å². The molecule has 0 aromatic heterocycles. The maximum absolute atomic E-state index is 15.3. The van der Waals surface area contributed by atoms with Crippen LogP contribution < -0.4 is 4.74 Å². The molecule has 9 heteroatoms. The van der Waals surface area contributed by atoms with Crippen LogP contribution in [0, 0.1) is 40.8 Å². The van der Waals surface area contributed by atoms with E-state index in [1.54, 1.807) is 25.1 Å². The van der Waals surface area contributed by atoms with Crippen molar-refractivity contribution in [2.75, 3.05) is 0 Å². The highest BCUT2D eigenvalue weighted by atomic mass is 19.3. The smallest absolute Gasteiger partial charge is 0.429 e. The first-order valence-corrected chi connectivity index (χ1v) is 17.2. The van der Waals surface area contributed by atoms with Crippen LogP contribution in [0.5, 0.6) is 5.75 Å². The lowest BCUT2D eigenvalue weighted by molar-refractivity contribution is -0.189. The van der Waals surface area contributed by atoms with E-state index in [0.717, 1.165) is 55.5 Å².